The number of hydrogen-bond donors (Lipinski definition) is 1. The zero-order valence-corrected chi connectivity index (χ0v) is 17.1. The summed E-state index contributed by atoms with van der Waals surface area (Å²) in [5, 5.41) is 6.43. The number of amides is 1. The molecule has 2 aromatic carbocycles. The summed E-state index contributed by atoms with van der Waals surface area (Å²) in [6.45, 7) is 2.05. The van der Waals surface area contributed by atoms with Gasteiger partial charge in [0.25, 0.3) is 0 Å². The molecule has 1 amide bonds. The zero-order chi connectivity index (χ0) is 20.8. The largest absolute Gasteiger partial charge is 0.493 e. The van der Waals surface area contributed by atoms with Crippen molar-refractivity contribution in [1.29, 1.82) is 0 Å². The number of hydrogen-bond acceptors (Lipinski definition) is 5. The third kappa shape index (κ3) is 3.29. The maximum Gasteiger partial charge on any atom is 0.241 e. The second-order valence-electron chi connectivity index (χ2n) is 6.88. The topological polar surface area (TPSA) is 67.9 Å². The minimum atomic E-state index is -1.02. The van der Waals surface area contributed by atoms with Crippen LogP contribution >= 0.6 is 23.4 Å². The summed E-state index contributed by atoms with van der Waals surface area (Å²) in [5.41, 5.74) is 6.49. The van der Waals surface area contributed by atoms with Crippen molar-refractivity contribution in [2.75, 3.05) is 13.2 Å². The van der Waals surface area contributed by atoms with E-state index in [0.717, 1.165) is 18.2 Å². The van der Waals surface area contributed by atoms with Gasteiger partial charge in [0.05, 0.1) is 6.61 Å². The van der Waals surface area contributed by atoms with E-state index in [1.165, 1.54) is 23.7 Å². The quantitative estimate of drug-likeness (QED) is 0.785. The van der Waals surface area contributed by atoms with Crippen LogP contribution in [0.2, 0.25) is 5.02 Å². The lowest BCUT2D eigenvalue weighted by atomic mass is 9.86. The highest BCUT2D eigenvalue weighted by Crippen LogP contribution is 2.57. The lowest BCUT2D eigenvalue weighted by Gasteiger charge is -2.45. The number of benzene rings is 2. The van der Waals surface area contributed by atoms with Crippen LogP contribution < -0.4 is 10.5 Å². The van der Waals surface area contributed by atoms with Gasteiger partial charge < -0.3 is 10.5 Å². The van der Waals surface area contributed by atoms with E-state index in [2.05, 4.69) is 5.10 Å². The smallest absolute Gasteiger partial charge is 0.241 e. The maximum absolute atomic E-state index is 14.5. The predicted molar refractivity (Wildman–Crippen MR) is 109 cm³/mol. The first-order valence-electron chi connectivity index (χ1n) is 9.03. The first-order valence-corrected chi connectivity index (χ1v) is 10.2. The molecular formula is C20H18ClF2N3O2S. The van der Waals surface area contributed by atoms with Gasteiger partial charge in [-0.3, -0.25) is 4.79 Å². The Bertz CT molecular complexity index is 1020. The van der Waals surface area contributed by atoms with E-state index >= 15 is 0 Å². The fourth-order valence-corrected chi connectivity index (χ4v) is 5.52. The summed E-state index contributed by atoms with van der Waals surface area (Å²) in [5.74, 6) is -1.21. The maximum atomic E-state index is 14.5. The number of carbonyl (C=O) groups excluding carboxylic acids is 1. The zero-order valence-electron chi connectivity index (χ0n) is 15.5. The molecule has 152 valence electrons. The number of nitrogens with zero attached hydrogens (tertiary/aromatic N) is 2. The third-order valence-corrected chi connectivity index (χ3v) is 6.82. The third-order valence-electron chi connectivity index (χ3n) is 5.05. The summed E-state index contributed by atoms with van der Waals surface area (Å²) >= 11 is 7.45. The Morgan fingerprint density at radius 2 is 2.17 bits per heavy atom. The first-order chi connectivity index (χ1) is 13.9. The molecule has 2 aliphatic rings. The average molecular weight is 438 g/mol. The fraction of sp³-hybridized carbons (Fsp3) is 0.300. The Hall–Kier alpha value is -2.16. The van der Waals surface area contributed by atoms with Crippen molar-refractivity contribution in [2.24, 2.45) is 16.8 Å². The van der Waals surface area contributed by atoms with Crippen molar-refractivity contribution in [3.05, 3.63) is 64.2 Å². The summed E-state index contributed by atoms with van der Waals surface area (Å²) < 4.78 is 34.2. The van der Waals surface area contributed by atoms with E-state index in [4.69, 9.17) is 22.1 Å². The van der Waals surface area contributed by atoms with E-state index in [1.807, 2.05) is 0 Å². The van der Waals surface area contributed by atoms with Gasteiger partial charge in [0.2, 0.25) is 5.91 Å². The minimum Gasteiger partial charge on any atom is -0.493 e. The molecule has 5 nitrogen and oxygen atoms in total. The summed E-state index contributed by atoms with van der Waals surface area (Å²) in [6.07, 6.45) is 0.539. The lowest BCUT2D eigenvalue weighted by Crippen LogP contribution is -2.51. The van der Waals surface area contributed by atoms with E-state index in [0.29, 0.717) is 35.9 Å². The number of fused-ring (bicyclic) bond motifs is 2. The molecule has 1 spiro atoms. The second-order valence-corrected chi connectivity index (χ2v) is 8.53. The predicted octanol–water partition coefficient (Wildman–Crippen LogP) is 4.09. The molecule has 29 heavy (non-hydrogen) atoms. The molecule has 0 fully saturated rings. The standard InChI is InChI=1S/C20H18ClF2N3O2S/c1-11(27)26-20(29-19(25-26)15-9-14(22)3-4-17(15)23)12(6-7-24)10-28-18-5-2-13(21)8-16(18)20/h2-5,8-9,12H,6-7,10,24H2,1H3/t12-,20+/m0/s1. The molecule has 2 aromatic rings. The molecule has 0 saturated carbocycles. The number of carbonyl (C=O) groups is 1. The molecule has 0 saturated heterocycles. The molecule has 2 N–H and O–H groups in total. The van der Waals surface area contributed by atoms with E-state index < -0.39 is 16.5 Å². The van der Waals surface area contributed by atoms with Crippen molar-refractivity contribution in [2.45, 2.75) is 18.2 Å². The van der Waals surface area contributed by atoms with Gasteiger partial charge in [-0.25, -0.2) is 13.8 Å². The number of ether oxygens (including phenoxy) is 1. The van der Waals surface area contributed by atoms with Crippen LogP contribution in [-0.4, -0.2) is 29.1 Å². The van der Waals surface area contributed by atoms with Crippen LogP contribution in [0.25, 0.3) is 0 Å². The normalized spacial score (nSPS) is 23.0. The van der Waals surface area contributed by atoms with Crippen molar-refractivity contribution in [3.8, 4) is 5.75 Å². The Labute approximate surface area is 175 Å². The molecular weight excluding hydrogens is 420 g/mol. The minimum absolute atomic E-state index is 0.000284. The van der Waals surface area contributed by atoms with Crippen LogP contribution in [0.4, 0.5) is 8.78 Å². The SMILES string of the molecule is CC(=O)N1N=C(c2cc(F)ccc2F)S[C@]12c1cc(Cl)ccc1OC[C@@H]2CCN. The molecule has 0 aromatic heterocycles. The highest BCUT2D eigenvalue weighted by molar-refractivity contribution is 8.15. The van der Waals surface area contributed by atoms with E-state index in [1.54, 1.807) is 18.2 Å². The number of rotatable bonds is 3. The van der Waals surface area contributed by atoms with Crippen molar-refractivity contribution < 1.29 is 18.3 Å². The lowest BCUT2D eigenvalue weighted by molar-refractivity contribution is -0.134. The number of hydrazone groups is 1. The fourth-order valence-electron chi connectivity index (χ4n) is 3.79. The molecule has 0 aliphatic carbocycles. The van der Waals surface area contributed by atoms with Crippen LogP contribution in [0.3, 0.4) is 0 Å². The highest BCUT2D eigenvalue weighted by Gasteiger charge is 2.56. The number of halogens is 3. The Kier molecular flexibility index (Phi) is 5.27. The van der Waals surface area contributed by atoms with Crippen LogP contribution in [-0.2, 0) is 9.67 Å². The number of nitrogens with two attached hydrogens (primary N) is 1. The molecule has 2 atom stereocenters. The monoisotopic (exact) mass is 437 g/mol. The first kappa shape index (κ1) is 20.1. The molecule has 2 heterocycles. The Morgan fingerprint density at radius 1 is 1.38 bits per heavy atom. The van der Waals surface area contributed by atoms with Crippen molar-refractivity contribution in [1.82, 2.24) is 5.01 Å². The van der Waals surface area contributed by atoms with E-state index in [-0.39, 0.29) is 22.4 Å². The molecule has 2 aliphatic heterocycles. The summed E-state index contributed by atoms with van der Waals surface area (Å²) in [7, 11) is 0. The van der Waals surface area contributed by atoms with E-state index in [9.17, 15) is 13.6 Å². The van der Waals surface area contributed by atoms with Gasteiger partial charge in [-0.2, -0.15) is 5.10 Å². The van der Waals surface area contributed by atoms with Gasteiger partial charge in [0, 0.05) is 29.0 Å². The summed E-state index contributed by atoms with van der Waals surface area (Å²) in [4.78, 5) is 11.6. The molecule has 0 radical (unpaired) electrons. The van der Waals surface area contributed by atoms with Crippen molar-refractivity contribution in [3.63, 3.8) is 0 Å². The van der Waals surface area contributed by atoms with Gasteiger partial charge in [0.1, 0.15) is 22.4 Å². The average Bonchev–Trinajstić information content (AvgIpc) is 3.08. The molecule has 4 rings (SSSR count). The van der Waals surface area contributed by atoms with Crippen LogP contribution in [0, 0.1) is 17.6 Å². The Balaban J connectivity index is 1.91. The molecule has 0 bridgehead atoms. The van der Waals surface area contributed by atoms with Gasteiger partial charge >= 0.3 is 0 Å². The molecule has 9 heteroatoms. The van der Waals surface area contributed by atoms with Crippen LogP contribution in [0.15, 0.2) is 41.5 Å². The van der Waals surface area contributed by atoms with Gasteiger partial charge in [-0.15, -0.1) is 0 Å². The van der Waals surface area contributed by atoms with Gasteiger partial charge in [-0.05, 0) is 49.4 Å². The summed E-state index contributed by atoms with van der Waals surface area (Å²) in [6, 6.07) is 8.32. The van der Waals surface area contributed by atoms with Crippen LogP contribution in [0.5, 0.6) is 5.75 Å². The Morgan fingerprint density at radius 3 is 2.90 bits per heavy atom. The van der Waals surface area contributed by atoms with Crippen LogP contribution in [0.1, 0.15) is 24.5 Å². The number of thioether (sulfide) groups is 1. The van der Waals surface area contributed by atoms with Gasteiger partial charge in [-0.1, -0.05) is 23.4 Å². The molecule has 0 unspecified atom stereocenters. The van der Waals surface area contributed by atoms with Crippen molar-refractivity contribution >= 4 is 34.3 Å². The highest BCUT2D eigenvalue weighted by atomic mass is 35.5. The second kappa shape index (κ2) is 7.59. The van der Waals surface area contributed by atoms with Gasteiger partial charge in [0.15, 0.2) is 4.87 Å².